The predicted molar refractivity (Wildman–Crippen MR) is 125 cm³/mol. The summed E-state index contributed by atoms with van der Waals surface area (Å²) in [7, 11) is 3.99. The van der Waals surface area contributed by atoms with Crippen LogP contribution in [0.15, 0.2) is 70.1 Å². The SMILES string of the molecule is CC/N=c1\ccc2c(-c3ccccc3C(=O)OCC)c3ccc(N(C)C)cc3oc-2c1. The molecule has 5 heteroatoms. The van der Waals surface area contributed by atoms with E-state index in [0.29, 0.717) is 18.7 Å². The van der Waals surface area contributed by atoms with E-state index in [0.717, 1.165) is 44.5 Å². The van der Waals surface area contributed by atoms with Crippen LogP contribution in [0.5, 0.6) is 0 Å². The van der Waals surface area contributed by atoms with E-state index in [1.807, 2.05) is 81.4 Å². The number of ether oxygens (including phenoxy) is 1. The lowest BCUT2D eigenvalue weighted by molar-refractivity contribution is 0.0527. The maximum atomic E-state index is 12.7. The van der Waals surface area contributed by atoms with E-state index < -0.39 is 0 Å². The highest BCUT2D eigenvalue weighted by atomic mass is 16.5. The Labute approximate surface area is 181 Å². The van der Waals surface area contributed by atoms with Crippen molar-refractivity contribution in [2.45, 2.75) is 13.8 Å². The first-order valence-corrected chi connectivity index (χ1v) is 10.5. The zero-order chi connectivity index (χ0) is 22.0. The van der Waals surface area contributed by atoms with Gasteiger partial charge in [-0.15, -0.1) is 0 Å². The standard InChI is InChI=1S/C26H26N2O3/c1-5-27-17-11-13-21-23(15-17)31-24-16-18(28(3)4)12-14-22(24)25(21)19-9-7-8-10-20(19)26(29)30-6-2/h7-16H,5-6H2,1-4H3/b27-17+. The summed E-state index contributed by atoms with van der Waals surface area (Å²) in [6, 6.07) is 19.7. The molecule has 4 rings (SSSR count). The van der Waals surface area contributed by atoms with Crippen molar-refractivity contribution in [3.63, 3.8) is 0 Å². The van der Waals surface area contributed by atoms with Gasteiger partial charge in [-0.25, -0.2) is 4.79 Å². The van der Waals surface area contributed by atoms with Crippen LogP contribution in [0.1, 0.15) is 24.2 Å². The number of nitrogens with zero attached hydrogens (tertiary/aromatic N) is 2. The van der Waals surface area contributed by atoms with Crippen molar-refractivity contribution in [2.75, 3.05) is 32.1 Å². The van der Waals surface area contributed by atoms with Crippen molar-refractivity contribution in [3.05, 3.63) is 71.6 Å². The van der Waals surface area contributed by atoms with Gasteiger partial charge in [0, 0.05) is 55.0 Å². The minimum Gasteiger partial charge on any atom is -0.462 e. The van der Waals surface area contributed by atoms with Crippen LogP contribution in [-0.2, 0) is 4.74 Å². The van der Waals surface area contributed by atoms with Gasteiger partial charge in [0.15, 0.2) is 0 Å². The molecule has 2 aromatic carbocycles. The summed E-state index contributed by atoms with van der Waals surface area (Å²) in [4.78, 5) is 19.3. The van der Waals surface area contributed by atoms with E-state index in [1.54, 1.807) is 0 Å². The summed E-state index contributed by atoms with van der Waals surface area (Å²) in [5.41, 5.74) is 5.03. The van der Waals surface area contributed by atoms with Crippen LogP contribution in [0, 0.1) is 0 Å². The van der Waals surface area contributed by atoms with Gasteiger partial charge in [-0.1, -0.05) is 18.2 Å². The van der Waals surface area contributed by atoms with E-state index in [9.17, 15) is 4.79 Å². The molecule has 0 amide bonds. The minimum absolute atomic E-state index is 0.326. The third kappa shape index (κ3) is 3.91. The van der Waals surface area contributed by atoms with Crippen LogP contribution >= 0.6 is 0 Å². The Morgan fingerprint density at radius 3 is 2.55 bits per heavy atom. The molecule has 0 N–H and O–H groups in total. The Morgan fingerprint density at radius 1 is 1.00 bits per heavy atom. The molecule has 1 aliphatic carbocycles. The fraction of sp³-hybridized carbons (Fsp3) is 0.231. The first kappa shape index (κ1) is 20.7. The molecule has 0 fully saturated rings. The molecular formula is C26H26N2O3. The molecule has 0 saturated heterocycles. The lowest BCUT2D eigenvalue weighted by Crippen LogP contribution is -2.09. The van der Waals surface area contributed by atoms with Gasteiger partial charge in [-0.2, -0.15) is 0 Å². The largest absolute Gasteiger partial charge is 0.462 e. The second-order valence-electron chi connectivity index (χ2n) is 7.47. The highest BCUT2D eigenvalue weighted by Crippen LogP contribution is 2.42. The lowest BCUT2D eigenvalue weighted by atomic mass is 9.90. The van der Waals surface area contributed by atoms with Crippen molar-refractivity contribution in [1.29, 1.82) is 0 Å². The Bertz CT molecular complexity index is 1290. The van der Waals surface area contributed by atoms with Crippen LogP contribution in [0.4, 0.5) is 5.69 Å². The fourth-order valence-corrected chi connectivity index (χ4v) is 3.80. The number of hydrogen-bond acceptors (Lipinski definition) is 5. The third-order valence-electron chi connectivity index (χ3n) is 5.24. The number of carbonyl (C=O) groups excluding carboxylic acids is 1. The van der Waals surface area contributed by atoms with Gasteiger partial charge in [-0.3, -0.25) is 4.99 Å². The maximum absolute atomic E-state index is 12.7. The summed E-state index contributed by atoms with van der Waals surface area (Å²) in [5, 5.41) is 1.81. The normalized spacial score (nSPS) is 11.8. The van der Waals surface area contributed by atoms with Crippen LogP contribution in [0.2, 0.25) is 0 Å². The minimum atomic E-state index is -0.331. The molecule has 5 nitrogen and oxygen atoms in total. The monoisotopic (exact) mass is 414 g/mol. The first-order chi connectivity index (χ1) is 15.0. The smallest absolute Gasteiger partial charge is 0.338 e. The van der Waals surface area contributed by atoms with Gasteiger partial charge in [-0.05, 0) is 49.7 Å². The summed E-state index contributed by atoms with van der Waals surface area (Å²) in [6.07, 6.45) is 0. The molecular weight excluding hydrogens is 388 g/mol. The van der Waals surface area contributed by atoms with E-state index in [2.05, 4.69) is 17.1 Å². The molecule has 0 spiro atoms. The molecule has 2 aliphatic rings. The van der Waals surface area contributed by atoms with Gasteiger partial charge in [0.05, 0.1) is 17.5 Å². The van der Waals surface area contributed by atoms with Gasteiger partial charge < -0.3 is 14.1 Å². The molecule has 0 radical (unpaired) electrons. The van der Waals surface area contributed by atoms with Crippen molar-refractivity contribution < 1.29 is 13.9 Å². The third-order valence-corrected chi connectivity index (χ3v) is 5.24. The van der Waals surface area contributed by atoms with Crippen molar-refractivity contribution in [1.82, 2.24) is 0 Å². The number of benzene rings is 3. The fourth-order valence-electron chi connectivity index (χ4n) is 3.80. The van der Waals surface area contributed by atoms with Crippen LogP contribution in [0.3, 0.4) is 0 Å². The summed E-state index contributed by atoms with van der Waals surface area (Å²) in [6.45, 7) is 4.84. The van der Waals surface area contributed by atoms with Crippen molar-refractivity contribution in [3.8, 4) is 22.5 Å². The predicted octanol–water partition coefficient (Wildman–Crippen LogP) is 5.37. The number of rotatable bonds is 5. The number of fused-ring (bicyclic) bond motifs is 2. The number of anilines is 1. The Kier molecular flexibility index (Phi) is 5.76. The van der Waals surface area contributed by atoms with E-state index in [1.165, 1.54) is 0 Å². The molecule has 0 atom stereocenters. The van der Waals surface area contributed by atoms with Gasteiger partial charge in [0.2, 0.25) is 0 Å². The van der Waals surface area contributed by atoms with E-state index in [-0.39, 0.29) is 5.97 Å². The molecule has 2 aromatic rings. The average Bonchev–Trinajstić information content (AvgIpc) is 2.77. The number of hydrogen-bond donors (Lipinski definition) is 0. The first-order valence-electron chi connectivity index (χ1n) is 10.5. The van der Waals surface area contributed by atoms with E-state index in [4.69, 9.17) is 9.15 Å². The quantitative estimate of drug-likeness (QED) is 0.325. The summed E-state index contributed by atoms with van der Waals surface area (Å²) in [5.74, 6) is 0.398. The highest BCUT2D eigenvalue weighted by molar-refractivity contribution is 6.08. The zero-order valence-corrected chi connectivity index (χ0v) is 18.3. The lowest BCUT2D eigenvalue weighted by Gasteiger charge is -2.19. The summed E-state index contributed by atoms with van der Waals surface area (Å²) >= 11 is 0. The summed E-state index contributed by atoms with van der Waals surface area (Å²) < 4.78 is 11.7. The van der Waals surface area contributed by atoms with Gasteiger partial charge in [0.25, 0.3) is 0 Å². The molecule has 0 bridgehead atoms. The van der Waals surface area contributed by atoms with Crippen LogP contribution in [-0.4, -0.2) is 33.2 Å². The molecule has 158 valence electrons. The molecule has 0 saturated carbocycles. The van der Waals surface area contributed by atoms with Crippen LogP contribution in [0.25, 0.3) is 33.4 Å². The average molecular weight is 415 g/mol. The molecule has 0 aromatic heterocycles. The second kappa shape index (κ2) is 8.64. The highest BCUT2D eigenvalue weighted by Gasteiger charge is 2.22. The van der Waals surface area contributed by atoms with Gasteiger partial charge >= 0.3 is 5.97 Å². The molecule has 31 heavy (non-hydrogen) atoms. The second-order valence-corrected chi connectivity index (χ2v) is 7.47. The topological polar surface area (TPSA) is 55.0 Å². The Morgan fingerprint density at radius 2 is 1.81 bits per heavy atom. The zero-order valence-electron chi connectivity index (χ0n) is 18.3. The number of carbonyl (C=O) groups is 1. The van der Waals surface area contributed by atoms with E-state index >= 15 is 0 Å². The van der Waals surface area contributed by atoms with Crippen molar-refractivity contribution in [2.24, 2.45) is 4.99 Å². The molecule has 1 heterocycles. The Balaban J connectivity index is 2.10. The van der Waals surface area contributed by atoms with Gasteiger partial charge in [0.1, 0.15) is 11.3 Å². The molecule has 0 unspecified atom stereocenters. The Hall–Kier alpha value is -3.60. The number of esters is 1. The van der Waals surface area contributed by atoms with Crippen molar-refractivity contribution >= 4 is 22.6 Å². The van der Waals surface area contributed by atoms with Crippen LogP contribution < -0.4 is 10.3 Å². The molecule has 1 aliphatic heterocycles. The maximum Gasteiger partial charge on any atom is 0.338 e.